The fourth-order valence-corrected chi connectivity index (χ4v) is 2.07. The number of rotatable bonds is 2. The molecular formula is C11H11F2NO2. The number of aliphatic carboxylic acids is 1. The summed E-state index contributed by atoms with van der Waals surface area (Å²) in [6.07, 6.45) is 0. The van der Waals surface area contributed by atoms with Crippen LogP contribution in [0.1, 0.15) is 11.5 Å². The summed E-state index contributed by atoms with van der Waals surface area (Å²) in [5.41, 5.74) is 0.263. The molecule has 0 aliphatic carbocycles. The van der Waals surface area contributed by atoms with E-state index in [2.05, 4.69) is 5.32 Å². The van der Waals surface area contributed by atoms with Crippen LogP contribution < -0.4 is 5.32 Å². The summed E-state index contributed by atoms with van der Waals surface area (Å²) in [5.74, 6) is -3.38. The number of hydrogen-bond acceptors (Lipinski definition) is 2. The van der Waals surface area contributed by atoms with Crippen LogP contribution in [0.4, 0.5) is 8.78 Å². The van der Waals surface area contributed by atoms with E-state index < -0.39 is 29.4 Å². The van der Waals surface area contributed by atoms with Crippen LogP contribution in [0, 0.1) is 17.6 Å². The van der Waals surface area contributed by atoms with Gasteiger partial charge in [-0.25, -0.2) is 8.78 Å². The molecule has 16 heavy (non-hydrogen) atoms. The summed E-state index contributed by atoms with van der Waals surface area (Å²) in [4.78, 5) is 10.9. The first kappa shape index (κ1) is 11.0. The Kier molecular flexibility index (Phi) is 2.87. The van der Waals surface area contributed by atoms with Crippen LogP contribution in [0.5, 0.6) is 0 Å². The van der Waals surface area contributed by atoms with E-state index in [0.717, 1.165) is 12.1 Å². The molecule has 3 nitrogen and oxygen atoms in total. The first-order valence-corrected chi connectivity index (χ1v) is 4.98. The Morgan fingerprint density at radius 3 is 2.75 bits per heavy atom. The van der Waals surface area contributed by atoms with Crippen molar-refractivity contribution in [3.05, 3.63) is 35.4 Å². The molecule has 0 radical (unpaired) electrons. The molecule has 1 saturated heterocycles. The molecule has 2 atom stereocenters. The van der Waals surface area contributed by atoms with Gasteiger partial charge in [0.05, 0.1) is 5.92 Å². The summed E-state index contributed by atoms with van der Waals surface area (Å²) >= 11 is 0. The standard InChI is InChI=1S/C11H11F2NO2/c12-6-1-2-7(10(13)3-6)8-4-14-5-9(8)11(15)16/h1-3,8-9,14H,4-5H2,(H,15,16)/t8-,9+/m1/s1. The van der Waals surface area contributed by atoms with Crippen molar-refractivity contribution in [3.8, 4) is 0 Å². The average Bonchev–Trinajstić information content (AvgIpc) is 2.66. The van der Waals surface area contributed by atoms with Crippen LogP contribution in [0.25, 0.3) is 0 Å². The van der Waals surface area contributed by atoms with E-state index >= 15 is 0 Å². The van der Waals surface area contributed by atoms with Crippen molar-refractivity contribution in [2.45, 2.75) is 5.92 Å². The molecule has 2 rings (SSSR count). The van der Waals surface area contributed by atoms with Gasteiger partial charge in [-0.1, -0.05) is 6.07 Å². The maximum atomic E-state index is 13.5. The molecule has 0 saturated carbocycles. The summed E-state index contributed by atoms with van der Waals surface area (Å²) in [7, 11) is 0. The number of halogens is 2. The topological polar surface area (TPSA) is 49.3 Å². The zero-order valence-electron chi connectivity index (χ0n) is 8.41. The first-order valence-electron chi connectivity index (χ1n) is 4.98. The predicted octanol–water partition coefficient (Wildman–Crippen LogP) is 1.35. The van der Waals surface area contributed by atoms with Crippen molar-refractivity contribution in [1.82, 2.24) is 5.32 Å². The lowest BCUT2D eigenvalue weighted by Gasteiger charge is -2.15. The van der Waals surface area contributed by atoms with Crippen LogP contribution in [-0.4, -0.2) is 24.2 Å². The van der Waals surface area contributed by atoms with E-state index in [4.69, 9.17) is 5.11 Å². The first-order chi connectivity index (χ1) is 7.59. The van der Waals surface area contributed by atoms with Crippen LogP contribution in [-0.2, 0) is 4.79 Å². The molecule has 0 bridgehead atoms. The van der Waals surface area contributed by atoms with Gasteiger partial charge in [0.2, 0.25) is 0 Å². The zero-order valence-corrected chi connectivity index (χ0v) is 8.41. The van der Waals surface area contributed by atoms with Crippen molar-refractivity contribution in [2.75, 3.05) is 13.1 Å². The van der Waals surface area contributed by atoms with Crippen molar-refractivity contribution in [3.63, 3.8) is 0 Å². The monoisotopic (exact) mass is 227 g/mol. The van der Waals surface area contributed by atoms with Crippen LogP contribution in [0.3, 0.4) is 0 Å². The van der Waals surface area contributed by atoms with Gasteiger partial charge in [-0.2, -0.15) is 0 Å². The highest BCUT2D eigenvalue weighted by atomic mass is 19.1. The Labute approximate surface area is 91.1 Å². The minimum Gasteiger partial charge on any atom is -0.481 e. The Morgan fingerprint density at radius 1 is 1.38 bits per heavy atom. The number of hydrogen-bond donors (Lipinski definition) is 2. The minimum absolute atomic E-state index is 0.263. The molecule has 0 amide bonds. The third kappa shape index (κ3) is 1.90. The summed E-state index contributed by atoms with van der Waals surface area (Å²) in [5, 5.41) is 11.9. The zero-order chi connectivity index (χ0) is 11.7. The molecule has 2 N–H and O–H groups in total. The van der Waals surface area contributed by atoms with Crippen LogP contribution in [0.2, 0.25) is 0 Å². The molecule has 0 unspecified atom stereocenters. The van der Waals surface area contributed by atoms with Gasteiger partial charge in [-0.15, -0.1) is 0 Å². The van der Waals surface area contributed by atoms with Gasteiger partial charge >= 0.3 is 5.97 Å². The Balaban J connectivity index is 2.32. The van der Waals surface area contributed by atoms with Gasteiger partial charge in [0, 0.05) is 25.1 Å². The third-order valence-electron chi connectivity index (χ3n) is 2.89. The highest BCUT2D eigenvalue weighted by Gasteiger charge is 2.35. The number of carboxylic acid groups (broad SMARTS) is 1. The molecule has 5 heteroatoms. The van der Waals surface area contributed by atoms with Crippen LogP contribution in [0.15, 0.2) is 18.2 Å². The predicted molar refractivity (Wildman–Crippen MR) is 53.1 cm³/mol. The highest BCUT2D eigenvalue weighted by Crippen LogP contribution is 2.30. The highest BCUT2D eigenvalue weighted by molar-refractivity contribution is 5.72. The molecule has 0 spiro atoms. The maximum absolute atomic E-state index is 13.5. The van der Waals surface area contributed by atoms with Crippen LogP contribution >= 0.6 is 0 Å². The van der Waals surface area contributed by atoms with E-state index in [1.54, 1.807) is 0 Å². The average molecular weight is 227 g/mol. The van der Waals surface area contributed by atoms with E-state index in [1.165, 1.54) is 6.07 Å². The SMILES string of the molecule is O=C(O)[C@H]1CNC[C@@H]1c1ccc(F)cc1F. The Bertz CT molecular complexity index is 422. The third-order valence-corrected chi connectivity index (χ3v) is 2.89. The lowest BCUT2D eigenvalue weighted by atomic mass is 9.89. The van der Waals surface area contributed by atoms with Gasteiger partial charge in [0.15, 0.2) is 0 Å². The van der Waals surface area contributed by atoms with Gasteiger partial charge < -0.3 is 10.4 Å². The number of nitrogens with one attached hydrogen (secondary N) is 1. The Morgan fingerprint density at radius 2 is 2.12 bits per heavy atom. The van der Waals surface area contributed by atoms with E-state index in [9.17, 15) is 13.6 Å². The molecule has 1 aliphatic rings. The molecule has 1 aromatic rings. The lowest BCUT2D eigenvalue weighted by Crippen LogP contribution is -2.21. The molecule has 1 aliphatic heterocycles. The second-order valence-corrected chi connectivity index (χ2v) is 3.88. The minimum atomic E-state index is -0.960. The number of benzene rings is 1. The van der Waals surface area contributed by atoms with Crippen molar-refractivity contribution in [2.24, 2.45) is 5.92 Å². The number of carbonyl (C=O) groups is 1. The van der Waals surface area contributed by atoms with Gasteiger partial charge in [-0.3, -0.25) is 4.79 Å². The quantitative estimate of drug-likeness (QED) is 0.801. The maximum Gasteiger partial charge on any atom is 0.308 e. The van der Waals surface area contributed by atoms with E-state index in [0.29, 0.717) is 13.1 Å². The largest absolute Gasteiger partial charge is 0.481 e. The normalized spacial score (nSPS) is 24.6. The summed E-state index contributed by atoms with van der Waals surface area (Å²) < 4.78 is 26.2. The number of carboxylic acids is 1. The summed E-state index contributed by atoms with van der Waals surface area (Å²) in [6.45, 7) is 0.719. The Hall–Kier alpha value is -1.49. The fourth-order valence-electron chi connectivity index (χ4n) is 2.07. The lowest BCUT2D eigenvalue weighted by molar-refractivity contribution is -0.141. The van der Waals surface area contributed by atoms with Crippen molar-refractivity contribution >= 4 is 5.97 Å². The summed E-state index contributed by atoms with van der Waals surface area (Å²) in [6, 6.07) is 3.25. The molecular weight excluding hydrogens is 216 g/mol. The smallest absolute Gasteiger partial charge is 0.308 e. The molecule has 1 fully saturated rings. The second-order valence-electron chi connectivity index (χ2n) is 3.88. The molecule has 1 aromatic carbocycles. The van der Waals surface area contributed by atoms with E-state index in [-0.39, 0.29) is 5.56 Å². The van der Waals surface area contributed by atoms with Gasteiger partial charge in [-0.05, 0) is 11.6 Å². The van der Waals surface area contributed by atoms with E-state index in [1.807, 2.05) is 0 Å². The van der Waals surface area contributed by atoms with Gasteiger partial charge in [0.1, 0.15) is 11.6 Å². The molecule has 86 valence electrons. The second kappa shape index (κ2) is 4.17. The van der Waals surface area contributed by atoms with Gasteiger partial charge in [0.25, 0.3) is 0 Å². The van der Waals surface area contributed by atoms with Crippen molar-refractivity contribution in [1.29, 1.82) is 0 Å². The van der Waals surface area contributed by atoms with Crippen molar-refractivity contribution < 1.29 is 18.7 Å². The fraction of sp³-hybridized carbons (Fsp3) is 0.364. The molecule has 1 heterocycles. The molecule has 0 aromatic heterocycles.